The van der Waals surface area contributed by atoms with Crippen LogP contribution in [0.5, 0.6) is 11.5 Å². The average molecular weight is 371 g/mol. The van der Waals surface area contributed by atoms with Gasteiger partial charge in [-0.1, -0.05) is 11.6 Å². The highest BCUT2D eigenvalue weighted by atomic mass is 35.5. The zero-order chi connectivity index (χ0) is 19.2. The maximum atomic E-state index is 12.8. The zero-order valence-corrected chi connectivity index (χ0v) is 16.5. The number of carbonyl (C=O) groups is 2. The largest absolute Gasteiger partial charge is 0.493 e. The molecule has 2 amide bonds. The van der Waals surface area contributed by atoms with E-state index in [2.05, 4.69) is 5.32 Å². The summed E-state index contributed by atoms with van der Waals surface area (Å²) in [6.45, 7) is 10.1. The molecule has 0 aromatic heterocycles. The summed E-state index contributed by atoms with van der Waals surface area (Å²) in [5.74, 6) is 0.270. The first-order valence-corrected chi connectivity index (χ1v) is 8.61. The van der Waals surface area contributed by atoms with Crippen LogP contribution < -0.4 is 14.8 Å². The summed E-state index contributed by atoms with van der Waals surface area (Å²) in [4.78, 5) is 26.3. The fourth-order valence-corrected chi connectivity index (χ4v) is 2.53. The molecule has 0 saturated heterocycles. The lowest BCUT2D eigenvalue weighted by Gasteiger charge is -2.25. The van der Waals surface area contributed by atoms with E-state index in [0.717, 1.165) is 0 Å². The Bertz CT molecular complexity index is 626. The molecule has 25 heavy (non-hydrogen) atoms. The number of rotatable bonds is 7. The minimum atomic E-state index is -0.356. The summed E-state index contributed by atoms with van der Waals surface area (Å²) in [5, 5.41) is 3.14. The van der Waals surface area contributed by atoms with Crippen molar-refractivity contribution in [1.82, 2.24) is 10.2 Å². The second kappa shape index (κ2) is 8.94. The van der Waals surface area contributed by atoms with Crippen molar-refractivity contribution in [3.05, 3.63) is 22.7 Å². The van der Waals surface area contributed by atoms with Crippen LogP contribution in [0, 0.1) is 0 Å². The number of likely N-dealkylation sites (N-methyl/N-ethyl adjacent to an activating group) is 1. The number of hydrogen-bond acceptors (Lipinski definition) is 4. The van der Waals surface area contributed by atoms with Crippen molar-refractivity contribution >= 4 is 23.4 Å². The normalized spacial score (nSPS) is 11.0. The van der Waals surface area contributed by atoms with Gasteiger partial charge in [0.1, 0.15) is 0 Å². The number of ether oxygens (including phenoxy) is 2. The van der Waals surface area contributed by atoms with Crippen LogP contribution in [0.15, 0.2) is 12.1 Å². The van der Waals surface area contributed by atoms with Crippen molar-refractivity contribution in [2.24, 2.45) is 0 Å². The van der Waals surface area contributed by atoms with Gasteiger partial charge >= 0.3 is 0 Å². The Morgan fingerprint density at radius 2 is 1.88 bits per heavy atom. The molecule has 1 aromatic rings. The first-order chi connectivity index (χ1) is 11.6. The van der Waals surface area contributed by atoms with Gasteiger partial charge in [0.2, 0.25) is 5.91 Å². The summed E-state index contributed by atoms with van der Waals surface area (Å²) in [5.41, 5.74) is -0.0127. The first kappa shape index (κ1) is 21.1. The first-order valence-electron chi connectivity index (χ1n) is 8.23. The van der Waals surface area contributed by atoms with Gasteiger partial charge < -0.3 is 19.7 Å². The molecular formula is C18H27ClN2O4. The molecule has 0 aliphatic heterocycles. The molecule has 0 bridgehead atoms. The summed E-state index contributed by atoms with van der Waals surface area (Å²) in [7, 11) is 1.48. The molecule has 0 atom stereocenters. The molecule has 1 N–H and O–H groups in total. The Morgan fingerprint density at radius 3 is 2.36 bits per heavy atom. The van der Waals surface area contributed by atoms with Crippen LogP contribution in [0.1, 0.15) is 45.0 Å². The fourth-order valence-electron chi connectivity index (χ4n) is 2.27. The van der Waals surface area contributed by atoms with Crippen molar-refractivity contribution in [2.45, 2.75) is 40.2 Å². The summed E-state index contributed by atoms with van der Waals surface area (Å²) in [6.07, 6.45) is 0. The molecular weight excluding hydrogens is 344 g/mol. The number of hydrogen-bond donors (Lipinski definition) is 1. The minimum Gasteiger partial charge on any atom is -0.493 e. The van der Waals surface area contributed by atoms with Crippen molar-refractivity contribution in [3.8, 4) is 11.5 Å². The number of halogens is 1. The Morgan fingerprint density at radius 1 is 1.24 bits per heavy atom. The third-order valence-electron chi connectivity index (χ3n) is 3.28. The zero-order valence-electron chi connectivity index (χ0n) is 15.7. The molecule has 0 heterocycles. The Labute approximate surface area is 154 Å². The van der Waals surface area contributed by atoms with Gasteiger partial charge in [0.25, 0.3) is 5.91 Å². The van der Waals surface area contributed by atoms with Gasteiger partial charge in [-0.2, -0.15) is 0 Å². The third-order valence-corrected chi connectivity index (χ3v) is 3.56. The monoisotopic (exact) mass is 370 g/mol. The van der Waals surface area contributed by atoms with E-state index >= 15 is 0 Å². The molecule has 0 saturated carbocycles. The van der Waals surface area contributed by atoms with Gasteiger partial charge in [-0.05, 0) is 46.8 Å². The Balaban J connectivity index is 3.03. The molecule has 0 fully saturated rings. The number of carbonyl (C=O) groups excluding carboxylic acids is 2. The van der Waals surface area contributed by atoms with E-state index in [1.807, 2.05) is 34.6 Å². The van der Waals surface area contributed by atoms with Crippen LogP contribution in [0.2, 0.25) is 5.02 Å². The van der Waals surface area contributed by atoms with E-state index in [4.69, 9.17) is 21.1 Å². The minimum absolute atomic E-state index is 0.0280. The van der Waals surface area contributed by atoms with Crippen molar-refractivity contribution in [3.63, 3.8) is 0 Å². The number of benzene rings is 1. The molecule has 1 aromatic carbocycles. The van der Waals surface area contributed by atoms with Crippen LogP contribution in [-0.4, -0.2) is 49.1 Å². The van der Waals surface area contributed by atoms with Gasteiger partial charge in [-0.3, -0.25) is 9.59 Å². The van der Waals surface area contributed by atoms with Crippen molar-refractivity contribution < 1.29 is 19.1 Å². The van der Waals surface area contributed by atoms with Crippen LogP contribution in [0.25, 0.3) is 0 Å². The number of nitrogens with one attached hydrogen (secondary N) is 1. The van der Waals surface area contributed by atoms with Crippen LogP contribution in [-0.2, 0) is 4.79 Å². The smallest absolute Gasteiger partial charge is 0.254 e. The summed E-state index contributed by atoms with van der Waals surface area (Å²) < 4.78 is 10.7. The molecule has 0 spiro atoms. The maximum absolute atomic E-state index is 12.8. The standard InChI is InChI=1S/C18H27ClN2O4/c1-7-21(11-15(22)20-18(3,4)5)17(23)12-9-13(19)16(25-8-2)14(10-12)24-6/h9-10H,7-8,11H2,1-6H3,(H,20,22). The summed E-state index contributed by atoms with van der Waals surface area (Å²) in [6, 6.07) is 3.10. The highest BCUT2D eigenvalue weighted by Gasteiger charge is 2.22. The molecule has 6 nitrogen and oxygen atoms in total. The summed E-state index contributed by atoms with van der Waals surface area (Å²) >= 11 is 6.22. The van der Waals surface area contributed by atoms with E-state index in [0.29, 0.717) is 35.2 Å². The SMILES string of the molecule is CCOc1c(Cl)cc(C(=O)N(CC)CC(=O)NC(C)(C)C)cc1OC. The number of methoxy groups -OCH3 is 1. The molecule has 0 unspecified atom stereocenters. The second-order valence-corrected chi connectivity index (χ2v) is 6.95. The fraction of sp³-hybridized carbons (Fsp3) is 0.556. The van der Waals surface area contributed by atoms with Crippen LogP contribution >= 0.6 is 11.6 Å². The Kier molecular flexibility index (Phi) is 7.55. The number of amides is 2. The third kappa shape index (κ3) is 6.12. The molecule has 140 valence electrons. The lowest BCUT2D eigenvalue weighted by molar-refractivity contribution is -0.123. The van der Waals surface area contributed by atoms with E-state index in [1.165, 1.54) is 18.1 Å². The van der Waals surface area contributed by atoms with Crippen LogP contribution in [0.4, 0.5) is 0 Å². The molecule has 1 rings (SSSR count). The number of nitrogens with zero attached hydrogens (tertiary/aromatic N) is 1. The van der Waals surface area contributed by atoms with E-state index in [-0.39, 0.29) is 23.9 Å². The molecule has 0 aliphatic carbocycles. The van der Waals surface area contributed by atoms with Gasteiger partial charge in [-0.15, -0.1) is 0 Å². The van der Waals surface area contributed by atoms with E-state index in [9.17, 15) is 9.59 Å². The van der Waals surface area contributed by atoms with Crippen molar-refractivity contribution in [2.75, 3.05) is 26.8 Å². The Hall–Kier alpha value is -1.95. The van der Waals surface area contributed by atoms with Crippen molar-refractivity contribution in [1.29, 1.82) is 0 Å². The maximum Gasteiger partial charge on any atom is 0.254 e. The second-order valence-electron chi connectivity index (χ2n) is 6.54. The quantitative estimate of drug-likeness (QED) is 0.800. The lowest BCUT2D eigenvalue weighted by atomic mass is 10.1. The predicted octanol–water partition coefficient (Wildman–Crippen LogP) is 3.12. The van der Waals surface area contributed by atoms with Gasteiger partial charge in [0, 0.05) is 17.6 Å². The van der Waals surface area contributed by atoms with Gasteiger partial charge in [0.15, 0.2) is 11.5 Å². The van der Waals surface area contributed by atoms with Gasteiger partial charge in [-0.25, -0.2) is 0 Å². The predicted molar refractivity (Wildman–Crippen MR) is 98.6 cm³/mol. The average Bonchev–Trinajstić information content (AvgIpc) is 2.52. The lowest BCUT2D eigenvalue weighted by Crippen LogP contribution is -2.47. The van der Waals surface area contributed by atoms with E-state index in [1.54, 1.807) is 6.07 Å². The van der Waals surface area contributed by atoms with Gasteiger partial charge in [0.05, 0.1) is 25.3 Å². The highest BCUT2D eigenvalue weighted by Crippen LogP contribution is 2.36. The van der Waals surface area contributed by atoms with E-state index < -0.39 is 0 Å². The molecule has 0 radical (unpaired) electrons. The topological polar surface area (TPSA) is 67.9 Å². The molecule has 7 heteroatoms. The molecule has 0 aliphatic rings. The van der Waals surface area contributed by atoms with Crippen LogP contribution in [0.3, 0.4) is 0 Å². The highest BCUT2D eigenvalue weighted by molar-refractivity contribution is 6.32.